The predicted molar refractivity (Wildman–Crippen MR) is 167 cm³/mol. The zero-order valence-electron chi connectivity index (χ0n) is 24.5. The van der Waals surface area contributed by atoms with E-state index in [4.69, 9.17) is 21.3 Å². The van der Waals surface area contributed by atoms with Crippen LogP contribution in [0.4, 0.5) is 19.0 Å². The Hall–Kier alpha value is -3.89. The maximum atomic E-state index is 16.7. The van der Waals surface area contributed by atoms with Crippen LogP contribution in [0.3, 0.4) is 0 Å². The summed E-state index contributed by atoms with van der Waals surface area (Å²) in [7, 11) is 0. The first-order chi connectivity index (χ1) is 21.8. The molecule has 4 aromatic rings. The Morgan fingerprint density at radius 2 is 1.82 bits per heavy atom. The molecule has 5 heterocycles. The number of nitrogens with zero attached hydrogens (tertiary/aromatic N) is 5. The molecule has 4 aliphatic rings. The van der Waals surface area contributed by atoms with Crippen molar-refractivity contribution in [1.82, 2.24) is 19.8 Å². The second-order valence-corrected chi connectivity index (χ2v) is 13.0. The van der Waals surface area contributed by atoms with E-state index in [0.29, 0.717) is 47.9 Å². The first kappa shape index (κ1) is 28.6. The van der Waals surface area contributed by atoms with E-state index in [-0.39, 0.29) is 40.1 Å². The molecule has 232 valence electrons. The highest BCUT2D eigenvalue weighted by Gasteiger charge is 2.50. The molecule has 0 radical (unpaired) electrons. The van der Waals surface area contributed by atoms with Crippen molar-refractivity contribution in [2.75, 3.05) is 37.7 Å². The summed E-state index contributed by atoms with van der Waals surface area (Å²) < 4.78 is 52.9. The van der Waals surface area contributed by atoms with Crippen LogP contribution in [0.5, 0.6) is 6.01 Å². The molecular weight excluding hydrogens is 603 g/mol. The van der Waals surface area contributed by atoms with Crippen molar-refractivity contribution >= 4 is 45.0 Å². The highest BCUT2D eigenvalue weighted by atomic mass is 35.5. The van der Waals surface area contributed by atoms with Gasteiger partial charge in [0.15, 0.2) is 11.6 Å². The van der Waals surface area contributed by atoms with Crippen LogP contribution in [0.15, 0.2) is 54.9 Å². The molecule has 1 aromatic heterocycles. The number of hydrogen-bond acceptors (Lipinski definition) is 6. The molecule has 4 aliphatic heterocycles. The third-order valence-corrected chi connectivity index (χ3v) is 10.6. The Morgan fingerprint density at radius 1 is 1.07 bits per heavy atom. The fourth-order valence-electron chi connectivity index (χ4n) is 8.13. The van der Waals surface area contributed by atoms with E-state index in [1.807, 2.05) is 17.0 Å². The van der Waals surface area contributed by atoms with E-state index >= 15 is 8.78 Å². The number of rotatable bonds is 6. The van der Waals surface area contributed by atoms with Crippen molar-refractivity contribution in [3.63, 3.8) is 0 Å². The number of halogens is 4. The number of carbonyl (C=O) groups excluding carboxylic acids is 1. The van der Waals surface area contributed by atoms with Gasteiger partial charge in [-0.15, -0.1) is 0 Å². The number of anilines is 1. The summed E-state index contributed by atoms with van der Waals surface area (Å²) in [5.41, 5.74) is -0.0550. The Kier molecular flexibility index (Phi) is 6.73. The Labute approximate surface area is 263 Å². The van der Waals surface area contributed by atoms with Gasteiger partial charge in [-0.05, 0) is 68.3 Å². The molecule has 45 heavy (non-hydrogen) atoms. The number of benzene rings is 3. The van der Waals surface area contributed by atoms with Crippen molar-refractivity contribution in [2.45, 2.75) is 49.7 Å². The molecule has 0 bridgehead atoms. The summed E-state index contributed by atoms with van der Waals surface area (Å²) in [5.74, 6) is -3.01. The Morgan fingerprint density at radius 3 is 2.58 bits per heavy atom. The van der Waals surface area contributed by atoms with Crippen molar-refractivity contribution in [1.29, 1.82) is 0 Å². The predicted octanol–water partition coefficient (Wildman–Crippen LogP) is 6.66. The molecule has 3 aromatic carbocycles. The average molecular weight is 634 g/mol. The van der Waals surface area contributed by atoms with E-state index in [2.05, 4.69) is 16.5 Å². The molecule has 4 fully saturated rings. The average Bonchev–Trinajstić information content (AvgIpc) is 3.69. The van der Waals surface area contributed by atoms with Crippen LogP contribution >= 0.6 is 11.6 Å². The van der Waals surface area contributed by atoms with Crippen LogP contribution in [0.2, 0.25) is 5.02 Å². The van der Waals surface area contributed by atoms with E-state index in [9.17, 15) is 9.18 Å². The van der Waals surface area contributed by atoms with E-state index in [1.54, 1.807) is 24.3 Å². The van der Waals surface area contributed by atoms with Gasteiger partial charge in [0, 0.05) is 28.9 Å². The molecule has 0 aliphatic carbocycles. The maximum absolute atomic E-state index is 16.7. The van der Waals surface area contributed by atoms with Gasteiger partial charge in [0.2, 0.25) is 0 Å². The number of aromatic nitrogens is 2. The molecule has 0 spiro atoms. The SMILES string of the molecule is C=C(F)C(=O)N1CCC2[C@H]1CN2c1nc(OCC23CCCN2CCC3)nc2c(F)c(-c3cccc4cccc(Cl)c34)c(F)cc12. The van der Waals surface area contributed by atoms with Crippen molar-refractivity contribution in [3.8, 4) is 17.1 Å². The van der Waals surface area contributed by atoms with Gasteiger partial charge in [-0.25, -0.2) is 13.2 Å². The third kappa shape index (κ3) is 4.40. The van der Waals surface area contributed by atoms with Crippen molar-refractivity contribution in [3.05, 3.63) is 71.5 Å². The molecule has 7 nitrogen and oxygen atoms in total. The first-order valence-corrected chi connectivity index (χ1v) is 15.8. The van der Waals surface area contributed by atoms with Gasteiger partial charge >= 0.3 is 6.01 Å². The zero-order chi connectivity index (χ0) is 31.0. The van der Waals surface area contributed by atoms with E-state index in [1.165, 1.54) is 11.0 Å². The van der Waals surface area contributed by atoms with Gasteiger partial charge in [-0.3, -0.25) is 9.69 Å². The summed E-state index contributed by atoms with van der Waals surface area (Å²) in [4.78, 5) is 27.5. The van der Waals surface area contributed by atoms with Gasteiger partial charge in [0.1, 0.15) is 23.8 Å². The molecule has 11 heteroatoms. The van der Waals surface area contributed by atoms with Gasteiger partial charge < -0.3 is 14.5 Å². The van der Waals surface area contributed by atoms with E-state index in [0.717, 1.165) is 44.2 Å². The monoisotopic (exact) mass is 633 g/mol. The molecular formula is C34H31ClF3N5O2. The van der Waals surface area contributed by atoms with Crippen LogP contribution in [0.1, 0.15) is 32.1 Å². The Balaban J connectivity index is 1.24. The highest BCUT2D eigenvalue weighted by molar-refractivity contribution is 6.36. The Bertz CT molecular complexity index is 1890. The molecule has 8 rings (SSSR count). The molecule has 1 unspecified atom stereocenters. The van der Waals surface area contributed by atoms with Crippen molar-refractivity contribution < 1.29 is 22.7 Å². The number of hydrogen-bond donors (Lipinski definition) is 0. The molecule has 0 N–H and O–H groups in total. The number of amides is 1. The van der Waals surface area contributed by atoms with Crippen LogP contribution < -0.4 is 9.64 Å². The molecule has 4 saturated heterocycles. The summed E-state index contributed by atoms with van der Waals surface area (Å²) in [6.07, 6.45) is 4.77. The standard InChI is InChI=1S/C34H31ClF3N5O2/c1-19(36)32(44)42-15-10-25-26(42)17-43(25)31-22-16-24(37)28(21-8-2-6-20-7-3-9-23(35)27(20)21)29(38)30(22)39-33(40-31)45-18-34-11-4-13-41(34)14-5-12-34/h2-3,6-9,16,25-26H,1,4-5,10-15,17-18H2/t25?,26-/m1/s1. The largest absolute Gasteiger partial charge is 0.461 e. The number of carbonyl (C=O) groups is 1. The molecule has 0 saturated carbocycles. The van der Waals surface area contributed by atoms with Gasteiger partial charge in [-0.2, -0.15) is 9.97 Å². The number of ether oxygens (including phenoxy) is 1. The fourth-order valence-corrected chi connectivity index (χ4v) is 8.41. The molecule has 1 amide bonds. The molecule has 2 atom stereocenters. The minimum atomic E-state index is -1.00. The maximum Gasteiger partial charge on any atom is 0.319 e. The lowest BCUT2D eigenvalue weighted by molar-refractivity contribution is -0.130. The second kappa shape index (κ2) is 10.6. The topological polar surface area (TPSA) is 61.8 Å². The van der Waals surface area contributed by atoms with Gasteiger partial charge in [0.05, 0.1) is 23.2 Å². The lowest BCUT2D eigenvalue weighted by Gasteiger charge is -2.47. The minimum Gasteiger partial charge on any atom is -0.461 e. The minimum absolute atomic E-state index is 0.0181. The summed E-state index contributed by atoms with van der Waals surface area (Å²) in [5, 5.41) is 1.88. The van der Waals surface area contributed by atoms with Crippen LogP contribution in [0, 0.1) is 11.6 Å². The second-order valence-electron chi connectivity index (χ2n) is 12.6. The zero-order valence-corrected chi connectivity index (χ0v) is 25.3. The first-order valence-electron chi connectivity index (χ1n) is 15.4. The van der Waals surface area contributed by atoms with Crippen molar-refractivity contribution in [2.24, 2.45) is 0 Å². The lowest BCUT2D eigenvalue weighted by Crippen LogP contribution is -2.63. The quantitative estimate of drug-likeness (QED) is 0.221. The van der Waals surface area contributed by atoms with Gasteiger partial charge in [-0.1, -0.05) is 48.5 Å². The summed E-state index contributed by atoms with van der Waals surface area (Å²) in [6.45, 7) is 6.27. The van der Waals surface area contributed by atoms with Crippen LogP contribution in [-0.4, -0.2) is 76.1 Å². The van der Waals surface area contributed by atoms with Crippen LogP contribution in [0.25, 0.3) is 32.8 Å². The normalized spacial score (nSPS) is 22.1. The number of fused-ring (bicyclic) bond motifs is 4. The lowest BCUT2D eigenvalue weighted by atomic mass is 9.94. The third-order valence-electron chi connectivity index (χ3n) is 10.3. The highest BCUT2D eigenvalue weighted by Crippen LogP contribution is 2.44. The fraction of sp³-hybridized carbons (Fsp3) is 0.382. The smallest absolute Gasteiger partial charge is 0.319 e. The summed E-state index contributed by atoms with van der Waals surface area (Å²) in [6, 6.07) is 11.4. The van der Waals surface area contributed by atoms with Gasteiger partial charge in [0.25, 0.3) is 5.91 Å². The van der Waals surface area contributed by atoms with Crippen LogP contribution in [-0.2, 0) is 4.79 Å². The van der Waals surface area contributed by atoms with E-state index < -0.39 is 23.4 Å². The number of likely N-dealkylation sites (tertiary alicyclic amines) is 1. The summed E-state index contributed by atoms with van der Waals surface area (Å²) >= 11 is 6.55.